The molecule has 144 valence electrons. The zero-order chi connectivity index (χ0) is 19.4. The van der Waals surface area contributed by atoms with Crippen molar-refractivity contribution in [3.8, 4) is 0 Å². The smallest absolute Gasteiger partial charge is 0.290 e. The maximum Gasteiger partial charge on any atom is 0.290 e. The molecule has 0 spiro atoms. The van der Waals surface area contributed by atoms with Crippen LogP contribution in [0.25, 0.3) is 11.0 Å². The molecule has 4 rings (SSSR count). The number of carbonyl (C=O) groups excluding carboxylic acids is 2. The van der Waals surface area contributed by atoms with Crippen LogP contribution in [0.2, 0.25) is 0 Å². The minimum Gasteiger partial charge on any atom is -0.483 e. The van der Waals surface area contributed by atoms with Crippen molar-refractivity contribution >= 4 is 29.3 Å². The first kappa shape index (κ1) is 18.9. The Kier molecular flexibility index (Phi) is 5.73. The Bertz CT molecular complexity index is 834. The molecule has 1 saturated carbocycles. The molecule has 1 aliphatic carbocycles. The van der Waals surface area contributed by atoms with Crippen LogP contribution in [0.3, 0.4) is 0 Å². The number of carbonyl (C=O) groups is 3. The Labute approximate surface area is 156 Å². The number of piperidine rings is 1. The molecule has 0 radical (unpaired) electrons. The minimum atomic E-state index is -0.250. The molecule has 1 saturated heterocycles. The molecule has 1 aromatic heterocycles. The Morgan fingerprint density at radius 2 is 2.07 bits per heavy atom. The van der Waals surface area contributed by atoms with Crippen LogP contribution in [-0.4, -0.2) is 53.1 Å². The van der Waals surface area contributed by atoms with Gasteiger partial charge in [-0.2, -0.15) is 0 Å². The number of rotatable bonds is 3. The number of aromatic nitrogens is 1. The maximum atomic E-state index is 12.7. The number of hydrogen-bond acceptors (Lipinski definition) is 5. The Balaban J connectivity index is 0.000000659. The number of hydrogen-bond donors (Lipinski definition) is 2. The second kappa shape index (κ2) is 8.20. The van der Waals surface area contributed by atoms with Crippen molar-refractivity contribution in [3.05, 3.63) is 30.0 Å². The molecule has 2 N–H and O–H groups in total. The zero-order valence-corrected chi connectivity index (χ0v) is 15.1. The van der Waals surface area contributed by atoms with E-state index in [9.17, 15) is 9.59 Å². The van der Waals surface area contributed by atoms with Crippen molar-refractivity contribution < 1.29 is 24.0 Å². The molecular weight excluding hydrogens is 350 g/mol. The van der Waals surface area contributed by atoms with E-state index in [0.29, 0.717) is 29.5 Å². The third-order valence-corrected chi connectivity index (χ3v) is 5.54. The SMILES string of the molecule is CN(C(=O)Cc1noc2ccccc12)[C@H]1C[C@H]2CC(=O)NC[C@H]2C1.O=CO. The van der Waals surface area contributed by atoms with Gasteiger partial charge in [-0.25, -0.2) is 0 Å². The van der Waals surface area contributed by atoms with E-state index in [1.807, 2.05) is 36.2 Å². The highest BCUT2D eigenvalue weighted by Gasteiger charge is 2.40. The largest absolute Gasteiger partial charge is 0.483 e. The summed E-state index contributed by atoms with van der Waals surface area (Å²) in [5, 5.41) is 14.8. The summed E-state index contributed by atoms with van der Waals surface area (Å²) in [6, 6.07) is 7.80. The normalized spacial score (nSPS) is 23.7. The van der Waals surface area contributed by atoms with Gasteiger partial charge in [-0.1, -0.05) is 17.3 Å². The van der Waals surface area contributed by atoms with Gasteiger partial charge in [0, 0.05) is 31.4 Å². The minimum absolute atomic E-state index is 0.0528. The second-order valence-corrected chi connectivity index (χ2v) is 7.07. The fraction of sp³-hybridized carbons (Fsp3) is 0.474. The molecule has 1 aromatic carbocycles. The van der Waals surface area contributed by atoms with Crippen molar-refractivity contribution in [2.24, 2.45) is 11.8 Å². The lowest BCUT2D eigenvalue weighted by atomic mass is 9.89. The van der Waals surface area contributed by atoms with Crippen LogP contribution < -0.4 is 5.32 Å². The van der Waals surface area contributed by atoms with Crippen LogP contribution in [0.15, 0.2) is 28.8 Å². The van der Waals surface area contributed by atoms with Crippen LogP contribution in [0, 0.1) is 11.8 Å². The van der Waals surface area contributed by atoms with Crippen molar-refractivity contribution in [1.82, 2.24) is 15.4 Å². The molecular formula is C19H23N3O5. The standard InChI is InChI=1S/C18H21N3O3.CH2O2/c1-21(13-6-11-8-17(22)19-10-12(11)7-13)18(23)9-15-14-4-2-3-5-16(14)24-20-15;2-1-3/h2-5,11-13H,6-10H2,1H3,(H,19,22);1H,(H,2,3)/t11-,12+,13-;/m0./s1. The summed E-state index contributed by atoms with van der Waals surface area (Å²) in [6.45, 7) is 0.496. The molecule has 3 atom stereocenters. The van der Waals surface area contributed by atoms with Crippen molar-refractivity contribution in [2.75, 3.05) is 13.6 Å². The number of para-hydroxylation sites is 1. The molecule has 2 amide bonds. The highest BCUT2D eigenvalue weighted by Crippen LogP contribution is 2.38. The number of benzene rings is 1. The van der Waals surface area contributed by atoms with Gasteiger partial charge in [-0.3, -0.25) is 14.4 Å². The first-order valence-corrected chi connectivity index (χ1v) is 8.97. The third-order valence-electron chi connectivity index (χ3n) is 5.54. The van der Waals surface area contributed by atoms with Gasteiger partial charge in [0.25, 0.3) is 6.47 Å². The Morgan fingerprint density at radius 1 is 1.37 bits per heavy atom. The van der Waals surface area contributed by atoms with Gasteiger partial charge in [-0.15, -0.1) is 0 Å². The summed E-state index contributed by atoms with van der Waals surface area (Å²) in [5.74, 6) is 1.10. The van der Waals surface area contributed by atoms with Gasteiger partial charge in [0.15, 0.2) is 5.58 Å². The zero-order valence-electron chi connectivity index (χ0n) is 15.1. The van der Waals surface area contributed by atoms with Gasteiger partial charge in [0.1, 0.15) is 5.69 Å². The molecule has 27 heavy (non-hydrogen) atoms. The summed E-state index contributed by atoms with van der Waals surface area (Å²) >= 11 is 0. The lowest BCUT2D eigenvalue weighted by molar-refractivity contribution is -0.131. The molecule has 1 aliphatic heterocycles. The van der Waals surface area contributed by atoms with E-state index in [0.717, 1.165) is 24.8 Å². The highest BCUT2D eigenvalue weighted by molar-refractivity contribution is 5.86. The number of carboxylic acid groups (broad SMARTS) is 1. The van der Waals surface area contributed by atoms with Gasteiger partial charge in [-0.05, 0) is 36.8 Å². The fourth-order valence-electron chi connectivity index (χ4n) is 4.09. The second-order valence-electron chi connectivity index (χ2n) is 7.07. The summed E-state index contributed by atoms with van der Waals surface area (Å²) in [4.78, 5) is 34.4. The number of nitrogens with one attached hydrogen (secondary N) is 1. The predicted molar refractivity (Wildman–Crippen MR) is 96.8 cm³/mol. The number of likely N-dealkylation sites (N-methyl/N-ethyl adjacent to an activating group) is 1. The van der Waals surface area contributed by atoms with Gasteiger partial charge in [0.05, 0.1) is 6.42 Å². The first-order chi connectivity index (χ1) is 13.0. The fourth-order valence-corrected chi connectivity index (χ4v) is 4.09. The summed E-state index contributed by atoms with van der Waals surface area (Å²) < 4.78 is 5.28. The molecule has 2 heterocycles. The molecule has 2 aromatic rings. The van der Waals surface area contributed by atoms with E-state index in [2.05, 4.69) is 10.5 Å². The topological polar surface area (TPSA) is 113 Å². The molecule has 8 heteroatoms. The van der Waals surface area contributed by atoms with E-state index in [-0.39, 0.29) is 30.7 Å². The van der Waals surface area contributed by atoms with Gasteiger partial charge in [0.2, 0.25) is 11.8 Å². The molecule has 2 aliphatic rings. The van der Waals surface area contributed by atoms with Crippen LogP contribution in [-0.2, 0) is 20.8 Å². The van der Waals surface area contributed by atoms with Crippen LogP contribution in [0.1, 0.15) is 25.0 Å². The number of fused-ring (bicyclic) bond motifs is 2. The number of nitrogens with zero attached hydrogens (tertiary/aromatic N) is 2. The quantitative estimate of drug-likeness (QED) is 0.788. The van der Waals surface area contributed by atoms with E-state index >= 15 is 0 Å². The van der Waals surface area contributed by atoms with E-state index in [1.54, 1.807) is 0 Å². The van der Waals surface area contributed by atoms with Gasteiger partial charge < -0.3 is 19.8 Å². The van der Waals surface area contributed by atoms with Crippen LogP contribution in [0.5, 0.6) is 0 Å². The van der Waals surface area contributed by atoms with Gasteiger partial charge >= 0.3 is 0 Å². The summed E-state index contributed by atoms with van der Waals surface area (Å²) in [5.41, 5.74) is 1.40. The van der Waals surface area contributed by atoms with Crippen molar-refractivity contribution in [1.29, 1.82) is 0 Å². The van der Waals surface area contributed by atoms with Crippen molar-refractivity contribution in [3.63, 3.8) is 0 Å². The number of amides is 2. The molecule has 8 nitrogen and oxygen atoms in total. The maximum absolute atomic E-state index is 12.7. The Hall–Kier alpha value is -2.90. The third kappa shape index (κ3) is 4.10. The average molecular weight is 373 g/mol. The van der Waals surface area contributed by atoms with E-state index in [1.165, 1.54) is 0 Å². The first-order valence-electron chi connectivity index (χ1n) is 8.97. The predicted octanol–water partition coefficient (Wildman–Crippen LogP) is 1.44. The average Bonchev–Trinajstić information content (AvgIpc) is 3.25. The molecule has 2 fully saturated rings. The van der Waals surface area contributed by atoms with Crippen LogP contribution in [0.4, 0.5) is 0 Å². The lowest BCUT2D eigenvalue weighted by Gasteiger charge is -2.24. The van der Waals surface area contributed by atoms with Crippen molar-refractivity contribution in [2.45, 2.75) is 31.7 Å². The van der Waals surface area contributed by atoms with E-state index < -0.39 is 0 Å². The molecule has 0 unspecified atom stereocenters. The lowest BCUT2D eigenvalue weighted by Crippen LogP contribution is -2.38. The Morgan fingerprint density at radius 3 is 2.85 bits per heavy atom. The van der Waals surface area contributed by atoms with Crippen LogP contribution >= 0.6 is 0 Å². The summed E-state index contributed by atoms with van der Waals surface area (Å²) in [6.07, 6.45) is 2.72. The van der Waals surface area contributed by atoms with E-state index in [4.69, 9.17) is 14.4 Å². The monoisotopic (exact) mass is 373 g/mol. The highest BCUT2D eigenvalue weighted by atomic mass is 16.5. The molecule has 0 bridgehead atoms. The summed E-state index contributed by atoms with van der Waals surface area (Å²) in [7, 11) is 1.86.